The molecule has 0 aromatic carbocycles. The van der Waals surface area contributed by atoms with Gasteiger partial charge in [-0.3, -0.25) is 0 Å². The molecule has 3 rings (SSSR count). The zero-order chi connectivity index (χ0) is 9.71. The fourth-order valence-electron chi connectivity index (χ4n) is 1.87. The monoisotopic (exact) mass is 186 g/mol. The van der Waals surface area contributed by atoms with E-state index in [0.29, 0.717) is 17.6 Å². The average Bonchev–Trinajstić information content (AvgIpc) is 2.17. The summed E-state index contributed by atoms with van der Waals surface area (Å²) >= 11 is 0. The van der Waals surface area contributed by atoms with E-state index in [1.54, 1.807) is 12.2 Å². The summed E-state index contributed by atoms with van der Waals surface area (Å²) in [5.74, 6) is -1.06. The van der Waals surface area contributed by atoms with Crippen molar-refractivity contribution in [3.05, 3.63) is 46.6 Å². The Bertz CT molecular complexity index is 487. The predicted octanol–water partition coefficient (Wildman–Crippen LogP) is 1.19. The molecule has 0 aromatic heterocycles. The molecule has 0 saturated heterocycles. The van der Waals surface area contributed by atoms with Gasteiger partial charge in [-0.2, -0.15) is 0 Å². The number of esters is 2. The molecule has 3 nitrogen and oxygen atoms in total. The maximum atomic E-state index is 11.3. The van der Waals surface area contributed by atoms with Gasteiger partial charge >= 0.3 is 11.9 Å². The van der Waals surface area contributed by atoms with Crippen LogP contribution in [0.15, 0.2) is 46.6 Å². The minimum Gasteiger partial charge on any atom is -0.386 e. The van der Waals surface area contributed by atoms with Crippen LogP contribution in [0.1, 0.15) is 6.42 Å². The molecular formula is C11H6O3. The first-order chi connectivity index (χ1) is 6.75. The molecule has 68 valence electrons. The van der Waals surface area contributed by atoms with Gasteiger partial charge in [0.2, 0.25) is 0 Å². The highest BCUT2D eigenvalue weighted by molar-refractivity contribution is 6.12. The van der Waals surface area contributed by atoms with E-state index in [9.17, 15) is 9.59 Å². The number of ether oxygens (including phenoxy) is 1. The van der Waals surface area contributed by atoms with Crippen molar-refractivity contribution in [3.8, 4) is 0 Å². The number of cyclic esters (lactones) is 2. The van der Waals surface area contributed by atoms with Crippen LogP contribution < -0.4 is 0 Å². The third kappa shape index (κ3) is 0.812. The summed E-state index contributed by atoms with van der Waals surface area (Å²) < 4.78 is 4.60. The van der Waals surface area contributed by atoms with Gasteiger partial charge in [-0.25, -0.2) is 9.59 Å². The number of rotatable bonds is 0. The number of fused-ring (bicyclic) bond motifs is 1. The number of hydrogen-bond donors (Lipinski definition) is 0. The minimum atomic E-state index is -0.528. The van der Waals surface area contributed by atoms with Crippen molar-refractivity contribution in [2.45, 2.75) is 6.42 Å². The predicted molar refractivity (Wildman–Crippen MR) is 48.0 cm³/mol. The molecule has 0 fully saturated rings. The lowest BCUT2D eigenvalue weighted by Crippen LogP contribution is -2.26. The molecule has 0 spiro atoms. The van der Waals surface area contributed by atoms with Crippen LogP contribution in [0.3, 0.4) is 0 Å². The molecule has 2 bridgehead atoms. The molecule has 1 heterocycles. The van der Waals surface area contributed by atoms with Crippen LogP contribution in [0.5, 0.6) is 0 Å². The molecule has 0 atom stereocenters. The Morgan fingerprint density at radius 3 is 2.79 bits per heavy atom. The van der Waals surface area contributed by atoms with E-state index in [-0.39, 0.29) is 0 Å². The Morgan fingerprint density at radius 2 is 1.93 bits per heavy atom. The zero-order valence-corrected chi connectivity index (χ0v) is 7.24. The molecule has 0 N–H and O–H groups in total. The van der Waals surface area contributed by atoms with Gasteiger partial charge < -0.3 is 4.74 Å². The molecule has 2 aliphatic carbocycles. The Labute approximate surface area is 80.0 Å². The van der Waals surface area contributed by atoms with Crippen molar-refractivity contribution in [1.29, 1.82) is 0 Å². The Balaban J connectivity index is 2.30. The number of carbonyl (C=O) groups is 2. The second-order valence-corrected chi connectivity index (χ2v) is 3.40. The molecule has 0 radical (unpaired) electrons. The van der Waals surface area contributed by atoms with Crippen LogP contribution in [-0.2, 0) is 14.3 Å². The van der Waals surface area contributed by atoms with Gasteiger partial charge in [-0.05, 0) is 29.7 Å². The molecule has 3 aliphatic rings. The summed E-state index contributed by atoms with van der Waals surface area (Å²) in [6.45, 7) is 0. The van der Waals surface area contributed by atoms with E-state index in [1.165, 1.54) is 0 Å². The van der Waals surface area contributed by atoms with Gasteiger partial charge in [0.25, 0.3) is 0 Å². The summed E-state index contributed by atoms with van der Waals surface area (Å²) in [4.78, 5) is 22.6. The van der Waals surface area contributed by atoms with Crippen LogP contribution in [-0.4, -0.2) is 11.9 Å². The van der Waals surface area contributed by atoms with Crippen LogP contribution in [0.25, 0.3) is 0 Å². The molecule has 0 unspecified atom stereocenters. The lowest BCUT2D eigenvalue weighted by molar-refractivity contribution is -0.154. The van der Waals surface area contributed by atoms with Gasteiger partial charge in [0.15, 0.2) is 0 Å². The van der Waals surface area contributed by atoms with Crippen molar-refractivity contribution in [3.63, 3.8) is 0 Å². The topological polar surface area (TPSA) is 43.4 Å². The van der Waals surface area contributed by atoms with Gasteiger partial charge in [-0.15, -0.1) is 0 Å². The molecule has 3 heteroatoms. The molecule has 14 heavy (non-hydrogen) atoms. The lowest BCUT2D eigenvalue weighted by atomic mass is 9.83. The fourth-order valence-corrected chi connectivity index (χ4v) is 1.87. The minimum absolute atomic E-state index is 0.521. The maximum absolute atomic E-state index is 11.3. The molecule has 0 aromatic rings. The summed E-state index contributed by atoms with van der Waals surface area (Å²) in [6.07, 6.45) is 7.85. The standard InChI is InChI=1S/C11H6O3/c12-10-7-3-1-6-2-4-8(9(7)5-6)11(13)14-10/h1-4H,5H2. The van der Waals surface area contributed by atoms with Crippen molar-refractivity contribution < 1.29 is 14.3 Å². The summed E-state index contributed by atoms with van der Waals surface area (Å²) in [5.41, 5.74) is 2.97. The Morgan fingerprint density at radius 1 is 1.07 bits per heavy atom. The van der Waals surface area contributed by atoms with Gasteiger partial charge in [0.05, 0.1) is 11.1 Å². The molecule has 1 aliphatic heterocycles. The quantitative estimate of drug-likeness (QED) is 0.421. The number of hydrogen-bond acceptors (Lipinski definition) is 3. The smallest absolute Gasteiger partial charge is 0.346 e. The van der Waals surface area contributed by atoms with E-state index >= 15 is 0 Å². The lowest BCUT2D eigenvalue weighted by Gasteiger charge is -2.24. The van der Waals surface area contributed by atoms with E-state index in [0.717, 1.165) is 11.1 Å². The largest absolute Gasteiger partial charge is 0.386 e. The SMILES string of the molecule is O=C1OC(=O)C2=C3CC(=CC=C13)C=C2. The van der Waals surface area contributed by atoms with Gasteiger partial charge in [0, 0.05) is 0 Å². The highest BCUT2D eigenvalue weighted by atomic mass is 16.6. The van der Waals surface area contributed by atoms with Crippen LogP contribution in [0, 0.1) is 0 Å². The average molecular weight is 186 g/mol. The van der Waals surface area contributed by atoms with Crippen LogP contribution in [0.4, 0.5) is 0 Å². The van der Waals surface area contributed by atoms with E-state index in [1.807, 2.05) is 12.2 Å². The first kappa shape index (κ1) is 7.50. The van der Waals surface area contributed by atoms with Gasteiger partial charge in [0.1, 0.15) is 0 Å². The molecule has 0 saturated carbocycles. The van der Waals surface area contributed by atoms with Crippen LogP contribution >= 0.6 is 0 Å². The third-order valence-corrected chi connectivity index (χ3v) is 2.58. The maximum Gasteiger partial charge on any atom is 0.346 e. The number of allylic oxidation sites excluding steroid dienone is 4. The van der Waals surface area contributed by atoms with E-state index < -0.39 is 11.9 Å². The summed E-state index contributed by atoms with van der Waals surface area (Å²) in [7, 11) is 0. The highest BCUT2D eigenvalue weighted by Gasteiger charge is 2.33. The first-order valence-corrected chi connectivity index (χ1v) is 4.34. The summed E-state index contributed by atoms with van der Waals surface area (Å²) in [5, 5.41) is 0. The van der Waals surface area contributed by atoms with Crippen molar-refractivity contribution in [1.82, 2.24) is 0 Å². The third-order valence-electron chi connectivity index (χ3n) is 2.58. The van der Waals surface area contributed by atoms with Crippen LogP contribution in [0.2, 0.25) is 0 Å². The zero-order valence-electron chi connectivity index (χ0n) is 7.24. The van der Waals surface area contributed by atoms with Crippen molar-refractivity contribution >= 4 is 11.9 Å². The second-order valence-electron chi connectivity index (χ2n) is 3.40. The number of carbonyl (C=O) groups excluding carboxylic acids is 2. The van der Waals surface area contributed by atoms with Crippen molar-refractivity contribution in [2.24, 2.45) is 0 Å². The fraction of sp³-hybridized carbons (Fsp3) is 0.0909. The second kappa shape index (κ2) is 2.32. The molecule has 0 amide bonds. The van der Waals surface area contributed by atoms with Crippen molar-refractivity contribution in [2.75, 3.05) is 0 Å². The summed E-state index contributed by atoms with van der Waals surface area (Å²) in [6, 6.07) is 0. The van der Waals surface area contributed by atoms with E-state index in [4.69, 9.17) is 0 Å². The van der Waals surface area contributed by atoms with E-state index in [2.05, 4.69) is 4.74 Å². The molecular weight excluding hydrogens is 180 g/mol. The Hall–Kier alpha value is -1.90. The Kier molecular flexibility index (Phi) is 1.24. The first-order valence-electron chi connectivity index (χ1n) is 4.34. The normalized spacial score (nSPS) is 23.1. The highest BCUT2D eigenvalue weighted by Crippen LogP contribution is 2.36. The van der Waals surface area contributed by atoms with Gasteiger partial charge in [-0.1, -0.05) is 12.2 Å².